The Morgan fingerprint density at radius 1 is 1.12 bits per heavy atom. The zero-order valence-electron chi connectivity index (χ0n) is 14.3. The first-order valence-electron chi connectivity index (χ1n) is 7.67. The maximum Gasteiger partial charge on any atom is 0.409 e. The molecular weight excluding hydrogens is 352 g/mol. The second-order valence-electron chi connectivity index (χ2n) is 5.06. The molecule has 1 aromatic carbocycles. The fourth-order valence-corrected chi connectivity index (χ4v) is 2.25. The summed E-state index contributed by atoms with van der Waals surface area (Å²) in [6.45, 7) is 3.06. The molecule has 1 aromatic rings. The summed E-state index contributed by atoms with van der Waals surface area (Å²) >= 11 is 0. The van der Waals surface area contributed by atoms with E-state index in [9.17, 15) is 9.59 Å². The van der Waals surface area contributed by atoms with E-state index in [1.54, 1.807) is 17.0 Å². The van der Waals surface area contributed by atoms with Crippen molar-refractivity contribution in [3.8, 4) is 11.5 Å². The van der Waals surface area contributed by atoms with Gasteiger partial charge in [-0.3, -0.25) is 0 Å². The molecule has 0 atom stereocenters. The Balaban J connectivity index is 0.00000312. The van der Waals surface area contributed by atoms with E-state index in [2.05, 4.69) is 10.1 Å². The van der Waals surface area contributed by atoms with Crippen molar-refractivity contribution in [1.29, 1.82) is 0 Å². The van der Waals surface area contributed by atoms with Gasteiger partial charge in [0.05, 0.1) is 19.8 Å². The van der Waals surface area contributed by atoms with Gasteiger partial charge in [-0.2, -0.15) is 0 Å². The van der Waals surface area contributed by atoms with Gasteiger partial charge < -0.3 is 29.2 Å². The van der Waals surface area contributed by atoms with Crippen molar-refractivity contribution in [2.24, 2.45) is 0 Å². The van der Waals surface area contributed by atoms with Gasteiger partial charge in [0, 0.05) is 26.2 Å². The number of piperazine rings is 1. The largest absolute Gasteiger partial charge is 0.493 e. The summed E-state index contributed by atoms with van der Waals surface area (Å²) in [5.41, 5.74) is 0.353. The first-order valence-corrected chi connectivity index (χ1v) is 7.67. The van der Waals surface area contributed by atoms with Gasteiger partial charge in [0.1, 0.15) is 13.2 Å². The lowest BCUT2D eigenvalue weighted by molar-refractivity contribution is 0.0600. The molecule has 0 unspecified atom stereocenters. The van der Waals surface area contributed by atoms with Crippen LogP contribution < -0.4 is 14.8 Å². The molecule has 1 heterocycles. The van der Waals surface area contributed by atoms with E-state index < -0.39 is 5.97 Å². The number of ether oxygens (including phenoxy) is 4. The molecule has 0 bridgehead atoms. The van der Waals surface area contributed by atoms with Crippen LogP contribution in [0.25, 0.3) is 0 Å². The summed E-state index contributed by atoms with van der Waals surface area (Å²) < 4.78 is 20.6. The van der Waals surface area contributed by atoms with Gasteiger partial charge in [0.15, 0.2) is 11.5 Å². The Kier molecular flexibility index (Phi) is 8.87. The predicted molar refractivity (Wildman–Crippen MR) is 92.9 cm³/mol. The highest BCUT2D eigenvalue weighted by atomic mass is 35.5. The van der Waals surface area contributed by atoms with Gasteiger partial charge in [0.25, 0.3) is 0 Å². The lowest BCUT2D eigenvalue weighted by atomic mass is 10.2. The number of rotatable bonds is 6. The van der Waals surface area contributed by atoms with Crippen LogP contribution in [0, 0.1) is 0 Å². The number of nitrogens with one attached hydrogen (secondary N) is 1. The molecule has 1 N–H and O–H groups in total. The van der Waals surface area contributed by atoms with Crippen LogP contribution in [0.15, 0.2) is 18.2 Å². The van der Waals surface area contributed by atoms with Gasteiger partial charge in [-0.15, -0.1) is 12.4 Å². The third kappa shape index (κ3) is 5.99. The minimum atomic E-state index is -0.465. The minimum absolute atomic E-state index is 0. The van der Waals surface area contributed by atoms with Crippen LogP contribution in [-0.2, 0) is 9.47 Å². The molecule has 140 valence electrons. The molecule has 0 radical (unpaired) electrons. The number of esters is 1. The number of hydrogen-bond acceptors (Lipinski definition) is 7. The molecule has 9 heteroatoms. The molecule has 8 nitrogen and oxygen atoms in total. The number of benzene rings is 1. The Hall–Kier alpha value is -2.19. The molecule has 1 saturated heterocycles. The van der Waals surface area contributed by atoms with Crippen molar-refractivity contribution in [3.05, 3.63) is 23.8 Å². The second kappa shape index (κ2) is 10.6. The summed E-state index contributed by atoms with van der Waals surface area (Å²) in [5.74, 6) is 0.405. The number of nitrogens with zero attached hydrogens (tertiary/aromatic N) is 1. The van der Waals surface area contributed by atoms with Crippen molar-refractivity contribution in [2.45, 2.75) is 0 Å². The summed E-state index contributed by atoms with van der Waals surface area (Å²) in [6.07, 6.45) is -0.352. The zero-order chi connectivity index (χ0) is 17.4. The van der Waals surface area contributed by atoms with Gasteiger partial charge in [0.2, 0.25) is 0 Å². The van der Waals surface area contributed by atoms with Gasteiger partial charge >= 0.3 is 12.1 Å². The average molecular weight is 375 g/mol. The van der Waals surface area contributed by atoms with E-state index in [1.807, 2.05) is 0 Å². The second-order valence-corrected chi connectivity index (χ2v) is 5.06. The molecule has 0 aliphatic carbocycles. The molecule has 25 heavy (non-hydrogen) atoms. The first kappa shape index (κ1) is 20.9. The summed E-state index contributed by atoms with van der Waals surface area (Å²) in [7, 11) is 2.81. The Labute approximate surface area is 152 Å². The van der Waals surface area contributed by atoms with Gasteiger partial charge in [-0.05, 0) is 18.2 Å². The van der Waals surface area contributed by atoms with Crippen LogP contribution in [0.3, 0.4) is 0 Å². The van der Waals surface area contributed by atoms with Crippen LogP contribution in [0.4, 0.5) is 4.79 Å². The molecular formula is C16H23ClN2O6. The van der Waals surface area contributed by atoms with Crippen LogP contribution >= 0.6 is 12.4 Å². The Morgan fingerprint density at radius 2 is 1.84 bits per heavy atom. The maximum absolute atomic E-state index is 11.8. The van der Waals surface area contributed by atoms with Gasteiger partial charge in [-0.25, -0.2) is 9.59 Å². The van der Waals surface area contributed by atoms with E-state index >= 15 is 0 Å². The smallest absolute Gasteiger partial charge is 0.409 e. The van der Waals surface area contributed by atoms with Crippen LogP contribution in [0.5, 0.6) is 11.5 Å². The van der Waals surface area contributed by atoms with Gasteiger partial charge in [-0.1, -0.05) is 0 Å². The molecule has 1 amide bonds. The SMILES string of the molecule is COC(=O)c1ccc(OC)c(OCCOC(=O)N2CCNCC2)c1.Cl. The molecule has 1 fully saturated rings. The monoisotopic (exact) mass is 374 g/mol. The standard InChI is InChI=1S/C16H22N2O6.ClH/c1-21-13-4-3-12(15(19)22-2)11-14(13)23-9-10-24-16(20)18-7-5-17-6-8-18;/h3-4,11,17H,5-10H2,1-2H3;1H. The number of carbonyl (C=O) groups is 2. The number of halogens is 1. The minimum Gasteiger partial charge on any atom is -0.493 e. The zero-order valence-corrected chi connectivity index (χ0v) is 15.1. The summed E-state index contributed by atoms with van der Waals surface area (Å²) in [5, 5.41) is 3.16. The van der Waals surface area contributed by atoms with E-state index in [-0.39, 0.29) is 31.7 Å². The highest BCUT2D eigenvalue weighted by molar-refractivity contribution is 5.90. The molecule has 0 aromatic heterocycles. The van der Waals surface area contributed by atoms with Crippen molar-refractivity contribution in [2.75, 3.05) is 53.6 Å². The van der Waals surface area contributed by atoms with E-state index in [0.29, 0.717) is 30.2 Å². The number of amides is 1. The fraction of sp³-hybridized carbons (Fsp3) is 0.500. The molecule has 0 spiro atoms. The average Bonchev–Trinajstić information content (AvgIpc) is 2.64. The van der Waals surface area contributed by atoms with Crippen LogP contribution in [-0.4, -0.2) is 70.6 Å². The van der Waals surface area contributed by atoms with Crippen LogP contribution in [0.1, 0.15) is 10.4 Å². The fourth-order valence-electron chi connectivity index (χ4n) is 2.25. The predicted octanol–water partition coefficient (Wildman–Crippen LogP) is 1.32. The normalized spacial score (nSPS) is 13.4. The number of carbonyl (C=O) groups excluding carboxylic acids is 2. The quantitative estimate of drug-likeness (QED) is 0.593. The van der Waals surface area contributed by atoms with E-state index in [0.717, 1.165) is 13.1 Å². The van der Waals surface area contributed by atoms with E-state index in [1.165, 1.54) is 20.3 Å². The topological polar surface area (TPSA) is 86.3 Å². The highest BCUT2D eigenvalue weighted by Gasteiger charge is 2.17. The highest BCUT2D eigenvalue weighted by Crippen LogP contribution is 2.28. The molecule has 2 rings (SSSR count). The van der Waals surface area contributed by atoms with Crippen LogP contribution in [0.2, 0.25) is 0 Å². The molecule has 0 saturated carbocycles. The molecule has 1 aliphatic heterocycles. The molecule has 1 aliphatic rings. The first-order chi connectivity index (χ1) is 11.7. The third-order valence-corrected chi connectivity index (χ3v) is 3.53. The third-order valence-electron chi connectivity index (χ3n) is 3.53. The Bertz CT molecular complexity index is 578. The van der Waals surface area contributed by atoms with E-state index in [4.69, 9.17) is 14.2 Å². The van der Waals surface area contributed by atoms with Crippen molar-refractivity contribution in [1.82, 2.24) is 10.2 Å². The lowest BCUT2D eigenvalue weighted by Gasteiger charge is -2.26. The number of hydrogen-bond donors (Lipinski definition) is 1. The van der Waals surface area contributed by atoms with Crippen molar-refractivity contribution < 1.29 is 28.5 Å². The number of methoxy groups -OCH3 is 2. The maximum atomic E-state index is 11.8. The van der Waals surface area contributed by atoms with Crippen molar-refractivity contribution in [3.63, 3.8) is 0 Å². The summed E-state index contributed by atoms with van der Waals surface area (Å²) in [6, 6.07) is 4.74. The Morgan fingerprint density at radius 3 is 2.48 bits per heavy atom. The van der Waals surface area contributed by atoms with Crippen molar-refractivity contribution >= 4 is 24.5 Å². The lowest BCUT2D eigenvalue weighted by Crippen LogP contribution is -2.46. The summed E-state index contributed by atoms with van der Waals surface area (Å²) in [4.78, 5) is 25.1.